The predicted molar refractivity (Wildman–Crippen MR) is 103 cm³/mol. The second-order valence-electron chi connectivity index (χ2n) is 6.09. The van der Waals surface area contributed by atoms with Crippen LogP contribution in [0.15, 0.2) is 66.2 Å². The van der Waals surface area contributed by atoms with Crippen molar-refractivity contribution in [3.8, 4) is 0 Å². The van der Waals surface area contributed by atoms with Gasteiger partial charge >= 0.3 is 0 Å². The standard InChI is InChI=1S/C20H24O4P/c21-14-25(15-22,16-23)13-20(24)19(11-17-7-3-1-4-8-17)12-18-9-5-2-6-10-18/h1-11,21-23H,12-16H2/q+1. The second kappa shape index (κ2) is 9.59. The molecule has 5 heteroatoms. The second-order valence-corrected chi connectivity index (χ2v) is 9.94. The van der Waals surface area contributed by atoms with Gasteiger partial charge < -0.3 is 15.3 Å². The number of aliphatic hydroxyl groups is 3. The number of carbonyl (C=O) groups excluding carboxylic acids is 1. The third-order valence-electron chi connectivity index (χ3n) is 4.12. The molecule has 2 aromatic rings. The van der Waals surface area contributed by atoms with Crippen LogP contribution in [-0.4, -0.2) is 46.3 Å². The fourth-order valence-electron chi connectivity index (χ4n) is 2.49. The van der Waals surface area contributed by atoms with Gasteiger partial charge in [-0.3, -0.25) is 4.79 Å². The molecule has 0 fully saturated rings. The van der Waals surface area contributed by atoms with E-state index in [9.17, 15) is 20.1 Å². The van der Waals surface area contributed by atoms with Gasteiger partial charge in [0.2, 0.25) is 0 Å². The third kappa shape index (κ3) is 5.58. The topological polar surface area (TPSA) is 77.8 Å². The molecule has 0 spiro atoms. The molecule has 0 aromatic heterocycles. The van der Waals surface area contributed by atoms with Crippen LogP contribution in [0, 0.1) is 0 Å². The van der Waals surface area contributed by atoms with Crippen LogP contribution >= 0.6 is 7.26 Å². The summed E-state index contributed by atoms with van der Waals surface area (Å²) in [6.45, 7) is 0. The van der Waals surface area contributed by atoms with E-state index in [1.807, 2.05) is 66.7 Å². The average Bonchev–Trinajstić information content (AvgIpc) is 2.67. The first kappa shape index (κ1) is 19.5. The molecule has 0 aliphatic carbocycles. The predicted octanol–water partition coefficient (Wildman–Crippen LogP) is 2.75. The summed E-state index contributed by atoms with van der Waals surface area (Å²) in [6, 6.07) is 19.2. The van der Waals surface area contributed by atoms with Crippen molar-refractivity contribution in [1.29, 1.82) is 0 Å². The molecule has 0 saturated carbocycles. The van der Waals surface area contributed by atoms with Crippen LogP contribution in [0.2, 0.25) is 0 Å². The minimum absolute atomic E-state index is 0.00198. The highest BCUT2D eigenvalue weighted by atomic mass is 31.2. The summed E-state index contributed by atoms with van der Waals surface area (Å²) >= 11 is 0. The maximum Gasteiger partial charge on any atom is 0.196 e. The summed E-state index contributed by atoms with van der Waals surface area (Å²) in [4.78, 5) is 12.9. The summed E-state index contributed by atoms with van der Waals surface area (Å²) in [5.41, 5.74) is 2.54. The molecule has 2 rings (SSSR count). The van der Waals surface area contributed by atoms with Crippen molar-refractivity contribution in [3.63, 3.8) is 0 Å². The zero-order valence-corrected chi connectivity index (χ0v) is 15.0. The number of aliphatic hydroxyl groups excluding tert-OH is 3. The highest BCUT2D eigenvalue weighted by molar-refractivity contribution is 7.76. The van der Waals surface area contributed by atoms with E-state index in [1.54, 1.807) is 0 Å². The van der Waals surface area contributed by atoms with Crippen molar-refractivity contribution in [2.45, 2.75) is 6.42 Å². The first-order valence-electron chi connectivity index (χ1n) is 8.13. The normalized spacial score (nSPS) is 12.2. The Hall–Kier alpha value is -1.84. The van der Waals surface area contributed by atoms with Crippen LogP contribution in [-0.2, 0) is 11.2 Å². The van der Waals surface area contributed by atoms with Crippen LogP contribution in [0.25, 0.3) is 6.08 Å². The van der Waals surface area contributed by atoms with Gasteiger partial charge in [-0.1, -0.05) is 60.7 Å². The number of benzene rings is 2. The van der Waals surface area contributed by atoms with Crippen molar-refractivity contribution in [2.24, 2.45) is 0 Å². The fraction of sp³-hybridized carbons (Fsp3) is 0.250. The van der Waals surface area contributed by atoms with E-state index in [-0.39, 0.29) is 31.0 Å². The lowest BCUT2D eigenvalue weighted by atomic mass is 10.00. The Labute approximate surface area is 148 Å². The number of ketones is 1. The van der Waals surface area contributed by atoms with Gasteiger partial charge in [-0.15, -0.1) is 0 Å². The number of allylic oxidation sites excluding steroid dienone is 1. The Morgan fingerprint density at radius 1 is 0.840 bits per heavy atom. The van der Waals surface area contributed by atoms with Gasteiger partial charge in [0.1, 0.15) is 13.4 Å². The highest BCUT2D eigenvalue weighted by Gasteiger charge is 2.39. The Kier molecular flexibility index (Phi) is 7.48. The van der Waals surface area contributed by atoms with E-state index in [4.69, 9.17) is 0 Å². The lowest BCUT2D eigenvalue weighted by molar-refractivity contribution is -0.113. The quantitative estimate of drug-likeness (QED) is 0.475. The lowest BCUT2D eigenvalue weighted by Crippen LogP contribution is -2.20. The monoisotopic (exact) mass is 359 g/mol. The van der Waals surface area contributed by atoms with Crippen molar-refractivity contribution >= 4 is 19.1 Å². The zero-order valence-electron chi connectivity index (χ0n) is 14.1. The number of rotatable bonds is 9. The first-order chi connectivity index (χ1) is 12.1. The molecular weight excluding hydrogens is 335 g/mol. The molecule has 3 N–H and O–H groups in total. The number of Topliss-reactive ketones (excluding diaryl/α,β-unsaturated/α-hetero) is 1. The first-order valence-corrected chi connectivity index (χ1v) is 10.7. The minimum atomic E-state index is -2.48. The van der Waals surface area contributed by atoms with Gasteiger partial charge in [0.15, 0.2) is 24.8 Å². The van der Waals surface area contributed by atoms with E-state index in [0.717, 1.165) is 11.1 Å². The number of carbonyl (C=O) groups is 1. The van der Waals surface area contributed by atoms with Gasteiger partial charge in [0, 0.05) is 12.0 Å². The average molecular weight is 359 g/mol. The van der Waals surface area contributed by atoms with Crippen LogP contribution in [0.1, 0.15) is 11.1 Å². The zero-order chi connectivity index (χ0) is 18.1. The van der Waals surface area contributed by atoms with Crippen LogP contribution in [0.5, 0.6) is 0 Å². The summed E-state index contributed by atoms with van der Waals surface area (Å²) in [7, 11) is -2.48. The molecular formula is C20H24O4P+. The maximum absolute atomic E-state index is 12.9. The molecule has 0 radical (unpaired) electrons. The smallest absolute Gasteiger partial charge is 0.196 e. The Balaban J connectivity index is 2.30. The number of hydrogen-bond donors (Lipinski definition) is 3. The Morgan fingerprint density at radius 2 is 1.36 bits per heavy atom. The largest absolute Gasteiger partial charge is 0.362 e. The molecule has 0 saturated heterocycles. The van der Waals surface area contributed by atoms with Gasteiger partial charge in [-0.25, -0.2) is 0 Å². The highest BCUT2D eigenvalue weighted by Crippen LogP contribution is 2.56. The van der Waals surface area contributed by atoms with E-state index in [1.165, 1.54) is 0 Å². The van der Waals surface area contributed by atoms with Gasteiger partial charge in [-0.2, -0.15) is 0 Å². The van der Waals surface area contributed by atoms with Crippen molar-refractivity contribution in [1.82, 2.24) is 0 Å². The number of hydrogen-bond acceptors (Lipinski definition) is 4. The summed E-state index contributed by atoms with van der Waals surface area (Å²) in [6.07, 6.45) is 1.30. The van der Waals surface area contributed by atoms with Crippen molar-refractivity contribution < 1.29 is 20.1 Å². The van der Waals surface area contributed by atoms with Crippen LogP contribution in [0.3, 0.4) is 0 Å². The summed E-state index contributed by atoms with van der Waals surface area (Å²) in [5.74, 6) is -0.141. The van der Waals surface area contributed by atoms with Gasteiger partial charge in [0.25, 0.3) is 0 Å². The molecule has 0 aliphatic heterocycles. The van der Waals surface area contributed by atoms with Crippen molar-refractivity contribution in [2.75, 3.05) is 25.2 Å². The molecule has 0 aliphatic rings. The Bertz CT molecular complexity index is 686. The van der Waals surface area contributed by atoms with Crippen LogP contribution < -0.4 is 0 Å². The lowest BCUT2D eigenvalue weighted by Gasteiger charge is -2.20. The Morgan fingerprint density at radius 3 is 1.88 bits per heavy atom. The molecule has 0 unspecified atom stereocenters. The van der Waals surface area contributed by atoms with E-state index in [0.29, 0.717) is 12.0 Å². The molecule has 0 atom stereocenters. The summed E-state index contributed by atoms with van der Waals surface area (Å²) < 4.78 is 0. The summed E-state index contributed by atoms with van der Waals surface area (Å²) in [5, 5.41) is 28.6. The van der Waals surface area contributed by atoms with E-state index >= 15 is 0 Å². The molecule has 25 heavy (non-hydrogen) atoms. The molecule has 0 heterocycles. The third-order valence-corrected chi connectivity index (χ3v) is 6.87. The van der Waals surface area contributed by atoms with Gasteiger partial charge in [0.05, 0.1) is 0 Å². The molecule has 0 bridgehead atoms. The van der Waals surface area contributed by atoms with Gasteiger partial charge in [-0.05, 0) is 17.2 Å². The minimum Gasteiger partial charge on any atom is -0.362 e. The maximum atomic E-state index is 12.9. The molecule has 4 nitrogen and oxygen atoms in total. The SMILES string of the molecule is O=C(C[P+](CO)(CO)CO)C(=Cc1ccccc1)Cc1ccccc1. The van der Waals surface area contributed by atoms with Crippen LogP contribution in [0.4, 0.5) is 0 Å². The van der Waals surface area contributed by atoms with E-state index in [2.05, 4.69) is 0 Å². The molecule has 132 valence electrons. The molecule has 2 aromatic carbocycles. The van der Waals surface area contributed by atoms with E-state index < -0.39 is 7.26 Å². The van der Waals surface area contributed by atoms with Crippen molar-refractivity contribution in [3.05, 3.63) is 77.4 Å². The fourth-order valence-corrected chi connectivity index (χ4v) is 3.87. The molecule has 0 amide bonds.